The molecule has 0 saturated heterocycles. The lowest BCUT2D eigenvalue weighted by atomic mass is 10.0. The summed E-state index contributed by atoms with van der Waals surface area (Å²) in [5.41, 5.74) is 4.51. The van der Waals surface area contributed by atoms with Crippen LogP contribution >= 0.6 is 0 Å². The van der Waals surface area contributed by atoms with Crippen molar-refractivity contribution in [1.29, 1.82) is 0 Å². The molecule has 1 heterocycles. The largest absolute Gasteiger partial charge is 0.378 e. The summed E-state index contributed by atoms with van der Waals surface area (Å²) in [4.78, 5) is 12.1. The lowest BCUT2D eigenvalue weighted by Crippen LogP contribution is -2.16. The third-order valence-electron chi connectivity index (χ3n) is 4.82. The minimum absolute atomic E-state index is 0.124. The van der Waals surface area contributed by atoms with Gasteiger partial charge in [-0.3, -0.25) is 14.4 Å². The number of hydrogen-bond donors (Lipinski definition) is 3. The van der Waals surface area contributed by atoms with Crippen LogP contribution in [0.3, 0.4) is 0 Å². The first-order valence-corrected chi connectivity index (χ1v) is 11.3. The smallest absolute Gasteiger partial charge is 0.295 e. The molecular weight excluding hydrogens is 418 g/mol. The van der Waals surface area contributed by atoms with Gasteiger partial charge in [0.15, 0.2) is 0 Å². The fourth-order valence-corrected chi connectivity index (χ4v) is 4.04. The molecule has 0 spiro atoms. The predicted molar refractivity (Wildman–Crippen MR) is 117 cm³/mol. The van der Waals surface area contributed by atoms with Crippen LogP contribution in [0.15, 0.2) is 53.4 Å². The van der Waals surface area contributed by atoms with E-state index in [0.29, 0.717) is 18.7 Å². The number of anilines is 1. The number of aromatic nitrogens is 2. The molecule has 31 heavy (non-hydrogen) atoms. The number of carbonyl (C=O) groups is 1. The fraction of sp³-hybridized carbons (Fsp3) is 0.273. The van der Waals surface area contributed by atoms with E-state index in [2.05, 4.69) is 22.4 Å². The number of ether oxygens (including phenoxy) is 1. The highest BCUT2D eigenvalue weighted by molar-refractivity contribution is 7.86. The van der Waals surface area contributed by atoms with Gasteiger partial charge in [0, 0.05) is 24.8 Å². The lowest BCUT2D eigenvalue weighted by Gasteiger charge is -2.10. The van der Waals surface area contributed by atoms with Crippen LogP contribution in [-0.2, 0) is 34.3 Å². The first-order chi connectivity index (χ1) is 14.8. The van der Waals surface area contributed by atoms with Gasteiger partial charge in [-0.25, -0.2) is 0 Å². The normalized spacial score (nSPS) is 11.5. The van der Waals surface area contributed by atoms with Crippen LogP contribution in [0.2, 0.25) is 0 Å². The molecule has 8 nitrogen and oxygen atoms in total. The van der Waals surface area contributed by atoms with Gasteiger partial charge in [-0.15, -0.1) is 0 Å². The van der Waals surface area contributed by atoms with Gasteiger partial charge in [0.2, 0.25) is 0 Å². The van der Waals surface area contributed by atoms with Crippen LogP contribution in [0.1, 0.15) is 46.2 Å². The molecule has 0 fully saturated rings. The summed E-state index contributed by atoms with van der Waals surface area (Å²) in [6, 6.07) is 12.8. The molecule has 9 heteroatoms. The fourth-order valence-electron chi connectivity index (χ4n) is 3.35. The Labute approximate surface area is 181 Å². The Morgan fingerprint density at radius 3 is 2.52 bits per heavy atom. The van der Waals surface area contributed by atoms with E-state index < -0.39 is 20.9 Å². The van der Waals surface area contributed by atoms with Crippen LogP contribution in [-0.4, -0.2) is 36.2 Å². The van der Waals surface area contributed by atoms with Gasteiger partial charge < -0.3 is 10.1 Å². The second kappa shape index (κ2) is 9.86. The molecule has 3 N–H and O–H groups in total. The third-order valence-corrected chi connectivity index (χ3v) is 5.73. The molecule has 1 aromatic heterocycles. The van der Waals surface area contributed by atoms with Gasteiger partial charge in [0.25, 0.3) is 16.0 Å². The number of H-pyrrole nitrogens is 1. The molecule has 2 aromatic carbocycles. The van der Waals surface area contributed by atoms with E-state index >= 15 is 0 Å². The monoisotopic (exact) mass is 443 g/mol. The van der Waals surface area contributed by atoms with Gasteiger partial charge in [-0.1, -0.05) is 37.6 Å². The number of aromatic amines is 1. The maximum absolute atomic E-state index is 12.5. The second-order valence-electron chi connectivity index (χ2n) is 7.11. The third kappa shape index (κ3) is 5.57. The van der Waals surface area contributed by atoms with Crippen LogP contribution in [0.4, 0.5) is 5.69 Å². The van der Waals surface area contributed by atoms with Gasteiger partial charge >= 0.3 is 0 Å². The van der Waals surface area contributed by atoms with E-state index in [-0.39, 0.29) is 5.56 Å². The number of carbonyl (C=O) groups excluding carboxylic acids is 1. The molecule has 3 aromatic rings. The standard InChI is InChI=1S/C22H25N3O5S/c1-3-6-19-18(20(14-30-2)25-24-19)13-15-9-11-16(12-10-15)23-22(26)17-7-4-5-8-21(17)31(27,28)29/h4-5,7-12H,3,6,13-14H2,1-2H3,(H,23,26)(H,24,25)(H,27,28,29). The zero-order valence-electron chi connectivity index (χ0n) is 17.4. The molecule has 164 valence electrons. The highest BCUT2D eigenvalue weighted by Gasteiger charge is 2.20. The van der Waals surface area contributed by atoms with Crippen LogP contribution in [0.25, 0.3) is 0 Å². The predicted octanol–water partition coefficient (Wildman–Crippen LogP) is 3.60. The van der Waals surface area contributed by atoms with Crippen molar-refractivity contribution < 1.29 is 22.5 Å². The Morgan fingerprint density at radius 2 is 1.87 bits per heavy atom. The molecule has 0 saturated carbocycles. The maximum atomic E-state index is 12.5. The molecule has 0 aliphatic heterocycles. The highest BCUT2D eigenvalue weighted by Crippen LogP contribution is 2.21. The van der Waals surface area contributed by atoms with Gasteiger partial charge in [-0.05, 0) is 36.2 Å². The molecule has 0 aliphatic carbocycles. The number of amides is 1. The Bertz CT molecular complexity index is 1130. The van der Waals surface area contributed by atoms with Crippen molar-refractivity contribution in [3.8, 4) is 0 Å². The summed E-state index contributed by atoms with van der Waals surface area (Å²) in [6.07, 6.45) is 2.53. The quantitative estimate of drug-likeness (QED) is 0.435. The average Bonchev–Trinajstić information content (AvgIpc) is 3.10. The lowest BCUT2D eigenvalue weighted by molar-refractivity contribution is 0.102. The number of methoxy groups -OCH3 is 1. The maximum Gasteiger partial charge on any atom is 0.295 e. The summed E-state index contributed by atoms with van der Waals surface area (Å²) >= 11 is 0. The molecule has 3 rings (SSSR count). The number of benzene rings is 2. The van der Waals surface area contributed by atoms with Crippen molar-refractivity contribution >= 4 is 21.7 Å². The Hall–Kier alpha value is -3.01. The first-order valence-electron chi connectivity index (χ1n) is 9.84. The van der Waals surface area contributed by atoms with Gasteiger partial charge in [-0.2, -0.15) is 13.5 Å². The van der Waals surface area contributed by atoms with E-state index in [0.717, 1.165) is 35.4 Å². The first kappa shape index (κ1) is 22.7. The summed E-state index contributed by atoms with van der Waals surface area (Å²) in [6.45, 7) is 2.56. The zero-order valence-corrected chi connectivity index (χ0v) is 18.2. The summed E-state index contributed by atoms with van der Waals surface area (Å²) < 4.78 is 37.6. The number of rotatable bonds is 9. The molecule has 0 bridgehead atoms. The molecular formula is C22H25N3O5S. The van der Waals surface area contributed by atoms with Crippen LogP contribution in [0, 0.1) is 0 Å². The Balaban J connectivity index is 1.77. The number of hydrogen-bond acceptors (Lipinski definition) is 5. The minimum Gasteiger partial charge on any atom is -0.378 e. The number of nitrogens with zero attached hydrogens (tertiary/aromatic N) is 1. The van der Waals surface area contributed by atoms with Crippen molar-refractivity contribution in [1.82, 2.24) is 10.2 Å². The molecule has 1 amide bonds. The Kier molecular flexibility index (Phi) is 7.21. The van der Waals surface area contributed by atoms with E-state index in [1.165, 1.54) is 24.3 Å². The van der Waals surface area contributed by atoms with Crippen molar-refractivity contribution in [2.75, 3.05) is 12.4 Å². The number of aryl methyl sites for hydroxylation is 1. The number of nitrogens with one attached hydrogen (secondary N) is 2. The van der Waals surface area contributed by atoms with E-state index in [9.17, 15) is 17.8 Å². The van der Waals surface area contributed by atoms with Gasteiger partial charge in [0.1, 0.15) is 4.90 Å². The topological polar surface area (TPSA) is 121 Å². The second-order valence-corrected chi connectivity index (χ2v) is 8.50. The SMILES string of the molecule is CCCc1n[nH]c(COC)c1Cc1ccc(NC(=O)c2ccccc2S(=O)(=O)O)cc1. The zero-order chi connectivity index (χ0) is 22.4. The summed E-state index contributed by atoms with van der Waals surface area (Å²) in [5, 5.41) is 10.1. The van der Waals surface area contributed by atoms with Crippen molar-refractivity contribution in [2.24, 2.45) is 0 Å². The average molecular weight is 444 g/mol. The van der Waals surface area contributed by atoms with E-state index in [4.69, 9.17) is 4.74 Å². The summed E-state index contributed by atoms with van der Waals surface area (Å²) in [7, 11) is -2.86. The summed E-state index contributed by atoms with van der Waals surface area (Å²) in [5.74, 6) is -0.622. The Morgan fingerprint density at radius 1 is 1.16 bits per heavy atom. The van der Waals surface area contributed by atoms with Crippen molar-refractivity contribution in [3.05, 3.63) is 76.6 Å². The molecule has 0 radical (unpaired) electrons. The van der Waals surface area contributed by atoms with E-state index in [1.807, 2.05) is 12.1 Å². The molecule has 0 unspecified atom stereocenters. The molecule has 0 aliphatic rings. The van der Waals surface area contributed by atoms with Gasteiger partial charge in [0.05, 0.1) is 23.6 Å². The molecule has 0 atom stereocenters. The minimum atomic E-state index is -4.50. The van der Waals surface area contributed by atoms with Crippen LogP contribution < -0.4 is 5.32 Å². The van der Waals surface area contributed by atoms with Crippen molar-refractivity contribution in [3.63, 3.8) is 0 Å². The van der Waals surface area contributed by atoms with E-state index in [1.54, 1.807) is 19.2 Å². The highest BCUT2D eigenvalue weighted by atomic mass is 32.2. The van der Waals surface area contributed by atoms with Crippen molar-refractivity contribution in [2.45, 2.75) is 37.7 Å². The van der Waals surface area contributed by atoms with Crippen LogP contribution in [0.5, 0.6) is 0 Å².